The fourth-order valence-electron chi connectivity index (χ4n) is 0.919. The van der Waals surface area contributed by atoms with E-state index in [1.807, 2.05) is 0 Å². The van der Waals surface area contributed by atoms with Crippen molar-refractivity contribution >= 4 is 5.91 Å². The Morgan fingerprint density at radius 1 is 1.50 bits per heavy atom. The summed E-state index contributed by atoms with van der Waals surface area (Å²) in [5.41, 5.74) is 0. The third-order valence-corrected chi connectivity index (χ3v) is 1.77. The Morgan fingerprint density at radius 3 is 2.56 bits per heavy atom. The van der Waals surface area contributed by atoms with E-state index in [0.29, 0.717) is 5.76 Å². The molecule has 0 unspecified atom stereocenters. The molecule has 0 bridgehead atoms. The minimum Gasteiger partial charge on any atom is -0.456 e. The van der Waals surface area contributed by atoms with Gasteiger partial charge in [-0.3, -0.25) is 4.79 Å². The molecule has 7 heteroatoms. The van der Waals surface area contributed by atoms with Crippen molar-refractivity contribution in [3.05, 3.63) is 23.7 Å². The Balaban J connectivity index is 2.54. The van der Waals surface area contributed by atoms with Gasteiger partial charge in [0.2, 0.25) is 0 Å². The molecule has 0 spiro atoms. The fourth-order valence-corrected chi connectivity index (χ4v) is 0.919. The molecule has 1 N–H and O–H groups in total. The summed E-state index contributed by atoms with van der Waals surface area (Å²) >= 11 is 0. The molecule has 0 radical (unpaired) electrons. The number of carbonyl (C=O) groups is 1. The predicted octanol–water partition coefficient (Wildman–Crippen LogP) is 2.22. The van der Waals surface area contributed by atoms with E-state index in [1.165, 1.54) is 12.1 Å². The van der Waals surface area contributed by atoms with Crippen LogP contribution in [0.15, 0.2) is 16.5 Å². The number of rotatable bonds is 4. The molecule has 0 aromatic carbocycles. The van der Waals surface area contributed by atoms with Crippen molar-refractivity contribution in [3.8, 4) is 0 Å². The molecule has 90 valence electrons. The second kappa shape index (κ2) is 4.54. The zero-order valence-corrected chi connectivity index (χ0v) is 8.27. The first-order chi connectivity index (χ1) is 7.33. The summed E-state index contributed by atoms with van der Waals surface area (Å²) in [6.07, 6.45) is -3.81. The maximum Gasteiger partial charge on any atom is 0.324 e. The summed E-state index contributed by atoms with van der Waals surface area (Å²) in [5.74, 6) is -4.96. The second-order valence-electron chi connectivity index (χ2n) is 3.15. The van der Waals surface area contributed by atoms with E-state index in [0.717, 1.165) is 0 Å². The number of alkyl halides is 4. The zero-order chi connectivity index (χ0) is 12.3. The van der Waals surface area contributed by atoms with Crippen molar-refractivity contribution < 1.29 is 26.8 Å². The summed E-state index contributed by atoms with van der Waals surface area (Å²) in [4.78, 5) is 11.1. The van der Waals surface area contributed by atoms with Crippen LogP contribution in [0.2, 0.25) is 0 Å². The molecule has 0 atom stereocenters. The SMILES string of the molecule is Cc1ccc(C(=O)NCC(F)(F)C(F)F)o1. The van der Waals surface area contributed by atoms with Gasteiger partial charge in [-0.15, -0.1) is 0 Å². The minimum absolute atomic E-state index is 0.192. The highest BCUT2D eigenvalue weighted by Crippen LogP contribution is 2.21. The molecule has 1 amide bonds. The van der Waals surface area contributed by atoms with E-state index in [9.17, 15) is 22.4 Å². The number of aryl methyl sites for hydroxylation is 1. The van der Waals surface area contributed by atoms with Crippen molar-refractivity contribution in [1.29, 1.82) is 0 Å². The van der Waals surface area contributed by atoms with Crippen LogP contribution in [0, 0.1) is 6.92 Å². The van der Waals surface area contributed by atoms with Gasteiger partial charge in [-0.1, -0.05) is 0 Å². The Morgan fingerprint density at radius 2 is 2.12 bits per heavy atom. The molecule has 0 saturated heterocycles. The number of halogens is 4. The van der Waals surface area contributed by atoms with Crippen molar-refractivity contribution in [2.24, 2.45) is 0 Å². The van der Waals surface area contributed by atoms with Crippen LogP contribution in [-0.4, -0.2) is 24.8 Å². The number of furan rings is 1. The van der Waals surface area contributed by atoms with Crippen LogP contribution < -0.4 is 5.32 Å². The molecule has 16 heavy (non-hydrogen) atoms. The number of carbonyl (C=O) groups excluding carboxylic acids is 1. The maximum absolute atomic E-state index is 12.4. The quantitative estimate of drug-likeness (QED) is 0.818. The van der Waals surface area contributed by atoms with E-state index >= 15 is 0 Å². The summed E-state index contributed by atoms with van der Waals surface area (Å²) in [5, 5.41) is 1.67. The lowest BCUT2D eigenvalue weighted by Crippen LogP contribution is -2.41. The number of nitrogens with one attached hydrogen (secondary N) is 1. The van der Waals surface area contributed by atoms with Gasteiger partial charge >= 0.3 is 12.3 Å². The molecule has 3 nitrogen and oxygen atoms in total. The molecule has 1 aromatic heterocycles. The van der Waals surface area contributed by atoms with Gasteiger partial charge in [0, 0.05) is 0 Å². The van der Waals surface area contributed by atoms with Crippen molar-refractivity contribution in [3.63, 3.8) is 0 Å². The van der Waals surface area contributed by atoms with Crippen molar-refractivity contribution in [2.45, 2.75) is 19.3 Å². The predicted molar refractivity (Wildman–Crippen MR) is 46.7 cm³/mol. The van der Waals surface area contributed by atoms with Gasteiger partial charge in [0.15, 0.2) is 5.76 Å². The average molecular weight is 239 g/mol. The van der Waals surface area contributed by atoms with Crippen LogP contribution in [0.25, 0.3) is 0 Å². The molecule has 0 aliphatic heterocycles. The third-order valence-electron chi connectivity index (χ3n) is 1.77. The lowest BCUT2D eigenvalue weighted by molar-refractivity contribution is -0.123. The summed E-state index contributed by atoms with van der Waals surface area (Å²) in [6, 6.07) is 2.73. The lowest BCUT2D eigenvalue weighted by Gasteiger charge is -2.14. The highest BCUT2D eigenvalue weighted by molar-refractivity contribution is 5.91. The standard InChI is InChI=1S/C9H9F4NO2/c1-5-2-3-6(16-5)7(15)14-4-9(12,13)8(10)11/h2-3,8H,4H2,1H3,(H,14,15). The van der Waals surface area contributed by atoms with Crippen molar-refractivity contribution in [1.82, 2.24) is 5.32 Å². The smallest absolute Gasteiger partial charge is 0.324 e. The van der Waals surface area contributed by atoms with E-state index in [1.54, 1.807) is 12.2 Å². The number of hydrogen-bond acceptors (Lipinski definition) is 2. The van der Waals surface area contributed by atoms with E-state index < -0.39 is 24.8 Å². The summed E-state index contributed by atoms with van der Waals surface area (Å²) < 4.78 is 53.2. The van der Waals surface area contributed by atoms with E-state index in [2.05, 4.69) is 0 Å². The van der Waals surface area contributed by atoms with Crippen LogP contribution >= 0.6 is 0 Å². The third kappa shape index (κ3) is 2.98. The highest BCUT2D eigenvalue weighted by Gasteiger charge is 2.41. The van der Waals surface area contributed by atoms with Gasteiger partial charge in [0.25, 0.3) is 5.91 Å². The molecule has 1 heterocycles. The van der Waals surface area contributed by atoms with Crippen LogP contribution in [0.1, 0.15) is 16.3 Å². The highest BCUT2D eigenvalue weighted by atomic mass is 19.3. The van der Waals surface area contributed by atoms with E-state index in [4.69, 9.17) is 4.42 Å². The largest absolute Gasteiger partial charge is 0.456 e. The second-order valence-corrected chi connectivity index (χ2v) is 3.15. The Bertz CT molecular complexity index is 375. The molecule has 0 fully saturated rings. The van der Waals surface area contributed by atoms with Gasteiger partial charge in [0.1, 0.15) is 5.76 Å². The Hall–Kier alpha value is -1.53. The lowest BCUT2D eigenvalue weighted by atomic mass is 10.3. The fraction of sp³-hybridized carbons (Fsp3) is 0.444. The van der Waals surface area contributed by atoms with Crippen LogP contribution in [0.3, 0.4) is 0 Å². The average Bonchev–Trinajstić information content (AvgIpc) is 2.61. The van der Waals surface area contributed by atoms with Gasteiger partial charge in [-0.05, 0) is 19.1 Å². The molecular weight excluding hydrogens is 230 g/mol. The molecule has 1 aromatic rings. The first-order valence-electron chi connectivity index (χ1n) is 4.33. The zero-order valence-electron chi connectivity index (χ0n) is 8.27. The first kappa shape index (κ1) is 12.5. The number of amides is 1. The van der Waals surface area contributed by atoms with Crippen LogP contribution in [0.4, 0.5) is 17.6 Å². The van der Waals surface area contributed by atoms with Gasteiger partial charge in [0.05, 0.1) is 6.54 Å². The van der Waals surface area contributed by atoms with Gasteiger partial charge in [-0.2, -0.15) is 8.78 Å². The summed E-state index contributed by atoms with van der Waals surface area (Å²) in [7, 11) is 0. The molecule has 0 aliphatic carbocycles. The van der Waals surface area contributed by atoms with Crippen LogP contribution in [-0.2, 0) is 0 Å². The normalized spacial score (nSPS) is 11.9. The Labute approximate surface area is 88.4 Å². The van der Waals surface area contributed by atoms with Crippen LogP contribution in [0.5, 0.6) is 0 Å². The Kier molecular flexibility index (Phi) is 3.56. The first-order valence-corrected chi connectivity index (χ1v) is 4.33. The molecule has 0 aliphatic rings. The molecule has 0 saturated carbocycles. The van der Waals surface area contributed by atoms with Gasteiger partial charge < -0.3 is 9.73 Å². The monoisotopic (exact) mass is 239 g/mol. The molecular formula is C9H9F4NO2. The minimum atomic E-state index is -4.24. The molecule has 1 rings (SSSR count). The van der Waals surface area contributed by atoms with Crippen molar-refractivity contribution in [2.75, 3.05) is 6.54 Å². The van der Waals surface area contributed by atoms with E-state index in [-0.39, 0.29) is 5.76 Å². The summed E-state index contributed by atoms with van der Waals surface area (Å²) in [6.45, 7) is 0.133. The van der Waals surface area contributed by atoms with Gasteiger partial charge in [-0.25, -0.2) is 8.78 Å². The maximum atomic E-state index is 12.4. The topological polar surface area (TPSA) is 42.2 Å². The number of hydrogen-bond donors (Lipinski definition) is 1.